The SMILES string of the molecule is CC(=O)N1CCN(c2nc3ncccc3o2)CC1. The number of fused-ring (bicyclic) bond motifs is 1. The van der Waals surface area contributed by atoms with E-state index >= 15 is 0 Å². The molecular weight excluding hydrogens is 232 g/mol. The van der Waals surface area contributed by atoms with E-state index in [0.717, 1.165) is 13.1 Å². The molecular formula is C12H14N4O2. The van der Waals surface area contributed by atoms with Crippen molar-refractivity contribution in [3.05, 3.63) is 18.3 Å². The van der Waals surface area contributed by atoms with Crippen LogP contribution in [0.25, 0.3) is 11.2 Å². The van der Waals surface area contributed by atoms with E-state index in [1.54, 1.807) is 13.1 Å². The minimum absolute atomic E-state index is 0.119. The fourth-order valence-corrected chi connectivity index (χ4v) is 2.11. The minimum Gasteiger partial charge on any atom is -0.422 e. The monoisotopic (exact) mass is 246 g/mol. The first-order valence-corrected chi connectivity index (χ1v) is 5.96. The van der Waals surface area contributed by atoms with E-state index < -0.39 is 0 Å². The van der Waals surface area contributed by atoms with E-state index in [1.807, 2.05) is 21.9 Å². The molecule has 6 heteroatoms. The summed E-state index contributed by atoms with van der Waals surface area (Å²) >= 11 is 0. The third-order valence-corrected chi connectivity index (χ3v) is 3.15. The first-order valence-electron chi connectivity index (χ1n) is 5.96. The van der Waals surface area contributed by atoms with Crippen molar-refractivity contribution in [3.8, 4) is 0 Å². The Morgan fingerprint density at radius 2 is 2.11 bits per heavy atom. The summed E-state index contributed by atoms with van der Waals surface area (Å²) in [5.74, 6) is 0.119. The Bertz CT molecular complexity index is 539. The second kappa shape index (κ2) is 4.29. The number of rotatable bonds is 1. The van der Waals surface area contributed by atoms with Crippen molar-refractivity contribution in [2.75, 3.05) is 31.1 Å². The van der Waals surface area contributed by atoms with Crippen molar-refractivity contribution in [2.24, 2.45) is 0 Å². The van der Waals surface area contributed by atoms with E-state index in [1.165, 1.54) is 0 Å². The molecule has 0 unspecified atom stereocenters. The van der Waals surface area contributed by atoms with Crippen molar-refractivity contribution in [1.82, 2.24) is 14.9 Å². The van der Waals surface area contributed by atoms with Gasteiger partial charge >= 0.3 is 0 Å². The second-order valence-electron chi connectivity index (χ2n) is 4.31. The molecule has 2 aromatic rings. The Kier molecular flexibility index (Phi) is 2.62. The zero-order valence-corrected chi connectivity index (χ0v) is 10.2. The van der Waals surface area contributed by atoms with Gasteiger partial charge in [-0.1, -0.05) is 0 Å². The summed E-state index contributed by atoms with van der Waals surface area (Å²) in [6.45, 7) is 4.50. The van der Waals surface area contributed by atoms with Gasteiger partial charge in [0.15, 0.2) is 5.58 Å². The van der Waals surface area contributed by atoms with Crippen LogP contribution in [0, 0.1) is 0 Å². The standard InChI is InChI=1S/C12H14N4O2/c1-9(17)15-5-7-16(8-6-15)12-14-11-10(18-12)3-2-4-13-11/h2-4H,5-8H2,1H3. The Labute approximate surface area is 104 Å². The van der Waals surface area contributed by atoms with Gasteiger partial charge in [0, 0.05) is 39.3 Å². The van der Waals surface area contributed by atoms with Gasteiger partial charge in [0.1, 0.15) is 0 Å². The lowest BCUT2D eigenvalue weighted by Gasteiger charge is -2.33. The molecule has 0 bridgehead atoms. The van der Waals surface area contributed by atoms with Crippen molar-refractivity contribution < 1.29 is 9.21 Å². The maximum Gasteiger partial charge on any atom is 0.300 e. The van der Waals surface area contributed by atoms with Crippen LogP contribution in [0.1, 0.15) is 6.92 Å². The van der Waals surface area contributed by atoms with Crippen LogP contribution in [-0.4, -0.2) is 47.0 Å². The van der Waals surface area contributed by atoms with E-state index in [9.17, 15) is 4.79 Å². The van der Waals surface area contributed by atoms with Crippen LogP contribution in [-0.2, 0) is 4.79 Å². The number of piperazine rings is 1. The molecule has 1 saturated heterocycles. The summed E-state index contributed by atoms with van der Waals surface area (Å²) < 4.78 is 5.65. The summed E-state index contributed by atoms with van der Waals surface area (Å²) in [6, 6.07) is 4.27. The lowest BCUT2D eigenvalue weighted by atomic mass is 10.3. The first-order chi connectivity index (χ1) is 8.74. The number of hydrogen-bond acceptors (Lipinski definition) is 5. The molecule has 1 amide bonds. The average molecular weight is 246 g/mol. The van der Waals surface area contributed by atoms with Crippen LogP contribution in [0.15, 0.2) is 22.7 Å². The van der Waals surface area contributed by atoms with Gasteiger partial charge < -0.3 is 14.2 Å². The average Bonchev–Trinajstić information content (AvgIpc) is 2.82. The lowest BCUT2D eigenvalue weighted by Crippen LogP contribution is -2.48. The summed E-state index contributed by atoms with van der Waals surface area (Å²) in [5.41, 5.74) is 1.32. The molecule has 0 radical (unpaired) electrons. The van der Waals surface area contributed by atoms with E-state index in [2.05, 4.69) is 9.97 Å². The third kappa shape index (κ3) is 1.90. The van der Waals surface area contributed by atoms with Gasteiger partial charge in [-0.05, 0) is 12.1 Å². The van der Waals surface area contributed by atoms with Crippen molar-refractivity contribution in [2.45, 2.75) is 6.92 Å². The second-order valence-corrected chi connectivity index (χ2v) is 4.31. The zero-order valence-electron chi connectivity index (χ0n) is 10.2. The van der Waals surface area contributed by atoms with Crippen LogP contribution in [0.2, 0.25) is 0 Å². The van der Waals surface area contributed by atoms with Crippen LogP contribution >= 0.6 is 0 Å². The van der Waals surface area contributed by atoms with Crippen LogP contribution < -0.4 is 4.90 Å². The molecule has 0 spiro atoms. The molecule has 6 nitrogen and oxygen atoms in total. The number of amides is 1. The topological polar surface area (TPSA) is 62.5 Å². The van der Waals surface area contributed by atoms with Gasteiger partial charge in [-0.15, -0.1) is 0 Å². The van der Waals surface area contributed by atoms with Gasteiger partial charge in [0.2, 0.25) is 11.6 Å². The van der Waals surface area contributed by atoms with Crippen molar-refractivity contribution in [3.63, 3.8) is 0 Å². The molecule has 0 atom stereocenters. The van der Waals surface area contributed by atoms with Gasteiger partial charge in [-0.2, -0.15) is 4.98 Å². The van der Waals surface area contributed by atoms with E-state index in [4.69, 9.17) is 4.42 Å². The smallest absolute Gasteiger partial charge is 0.300 e. The number of hydrogen-bond donors (Lipinski definition) is 0. The molecule has 0 aromatic carbocycles. The predicted molar refractivity (Wildman–Crippen MR) is 66.3 cm³/mol. The van der Waals surface area contributed by atoms with Crippen molar-refractivity contribution in [1.29, 1.82) is 0 Å². The van der Waals surface area contributed by atoms with Gasteiger partial charge in [-0.3, -0.25) is 4.79 Å². The highest BCUT2D eigenvalue weighted by atomic mass is 16.4. The van der Waals surface area contributed by atoms with Gasteiger partial charge in [0.05, 0.1) is 0 Å². The van der Waals surface area contributed by atoms with Gasteiger partial charge in [-0.25, -0.2) is 4.98 Å². The zero-order chi connectivity index (χ0) is 12.5. The van der Waals surface area contributed by atoms with Crippen LogP contribution in [0.3, 0.4) is 0 Å². The Morgan fingerprint density at radius 3 is 2.78 bits per heavy atom. The molecule has 3 rings (SSSR count). The molecule has 0 N–H and O–H groups in total. The Morgan fingerprint density at radius 1 is 1.33 bits per heavy atom. The number of pyridine rings is 1. The highest BCUT2D eigenvalue weighted by molar-refractivity contribution is 5.73. The number of nitrogens with zero attached hydrogens (tertiary/aromatic N) is 4. The molecule has 1 aliphatic heterocycles. The summed E-state index contributed by atoms with van der Waals surface area (Å²) in [5, 5.41) is 0. The van der Waals surface area contributed by atoms with Gasteiger partial charge in [0.25, 0.3) is 6.01 Å². The maximum absolute atomic E-state index is 11.2. The fourth-order valence-electron chi connectivity index (χ4n) is 2.11. The molecule has 3 heterocycles. The highest BCUT2D eigenvalue weighted by Crippen LogP contribution is 2.21. The predicted octanol–water partition coefficient (Wildman–Crippen LogP) is 0.891. The molecule has 0 aliphatic carbocycles. The molecule has 1 aliphatic rings. The van der Waals surface area contributed by atoms with Crippen LogP contribution in [0.5, 0.6) is 0 Å². The normalized spacial score (nSPS) is 16.3. The Balaban J connectivity index is 1.78. The number of anilines is 1. The van der Waals surface area contributed by atoms with E-state index in [0.29, 0.717) is 30.3 Å². The number of carbonyl (C=O) groups excluding carboxylic acids is 1. The number of carbonyl (C=O) groups is 1. The Hall–Kier alpha value is -2.11. The summed E-state index contributed by atoms with van der Waals surface area (Å²) in [7, 11) is 0. The minimum atomic E-state index is 0.119. The highest BCUT2D eigenvalue weighted by Gasteiger charge is 2.22. The molecule has 18 heavy (non-hydrogen) atoms. The van der Waals surface area contributed by atoms with E-state index in [-0.39, 0.29) is 5.91 Å². The maximum atomic E-state index is 11.2. The lowest BCUT2D eigenvalue weighted by molar-refractivity contribution is -0.129. The third-order valence-electron chi connectivity index (χ3n) is 3.15. The van der Waals surface area contributed by atoms with Crippen molar-refractivity contribution >= 4 is 23.2 Å². The fraction of sp³-hybridized carbons (Fsp3) is 0.417. The molecule has 1 fully saturated rings. The largest absolute Gasteiger partial charge is 0.422 e. The molecule has 94 valence electrons. The van der Waals surface area contributed by atoms with Crippen LogP contribution in [0.4, 0.5) is 6.01 Å². The number of aromatic nitrogens is 2. The quantitative estimate of drug-likeness (QED) is 0.747. The summed E-state index contributed by atoms with van der Waals surface area (Å²) in [4.78, 5) is 23.6. The summed E-state index contributed by atoms with van der Waals surface area (Å²) in [6.07, 6.45) is 1.70. The first kappa shape index (κ1) is 11.0. The number of oxazole rings is 1. The molecule has 2 aromatic heterocycles. The molecule has 0 saturated carbocycles.